The van der Waals surface area contributed by atoms with Gasteiger partial charge in [0.2, 0.25) is 0 Å². The summed E-state index contributed by atoms with van der Waals surface area (Å²) in [5, 5.41) is 1.76. The molecule has 3 aromatic rings. The molecule has 2 aromatic carbocycles. The van der Waals surface area contributed by atoms with E-state index in [1.54, 1.807) is 0 Å². The molecular formula is C28H33N2O2+. The number of carbonyl (C=O) groups excluding carboxylic acids is 2. The number of unbranched alkanes of at least 4 members (excludes halogenated alkanes) is 7. The molecule has 0 saturated heterocycles. The van der Waals surface area contributed by atoms with Crippen LogP contribution in [0.25, 0.3) is 10.8 Å². The van der Waals surface area contributed by atoms with Crippen LogP contribution < -0.4 is 4.57 Å². The molecule has 4 heteroatoms. The third kappa shape index (κ3) is 5.07. The van der Waals surface area contributed by atoms with E-state index >= 15 is 0 Å². The van der Waals surface area contributed by atoms with Crippen LogP contribution in [0.3, 0.4) is 0 Å². The summed E-state index contributed by atoms with van der Waals surface area (Å²) in [6, 6.07) is 15.7. The van der Waals surface area contributed by atoms with Gasteiger partial charge in [-0.1, -0.05) is 56.4 Å². The van der Waals surface area contributed by atoms with Gasteiger partial charge >= 0.3 is 0 Å². The molecule has 2 heterocycles. The smallest absolute Gasteiger partial charge is 0.261 e. The quantitative estimate of drug-likeness (QED) is 0.218. The fourth-order valence-corrected chi connectivity index (χ4v) is 4.59. The zero-order valence-electron chi connectivity index (χ0n) is 19.1. The first-order chi connectivity index (χ1) is 15.6. The number of aromatic nitrogens is 1. The lowest BCUT2D eigenvalue weighted by Gasteiger charge is -2.27. The summed E-state index contributed by atoms with van der Waals surface area (Å²) in [7, 11) is 0. The molecule has 0 N–H and O–H groups in total. The van der Waals surface area contributed by atoms with Gasteiger partial charge in [-0.25, -0.2) is 4.57 Å². The van der Waals surface area contributed by atoms with Gasteiger partial charge in [-0.05, 0) is 42.8 Å². The van der Waals surface area contributed by atoms with Crippen LogP contribution in [0.15, 0.2) is 60.9 Å². The summed E-state index contributed by atoms with van der Waals surface area (Å²) in [4.78, 5) is 27.2. The van der Waals surface area contributed by atoms with Gasteiger partial charge in [0.1, 0.15) is 6.54 Å². The van der Waals surface area contributed by atoms with Gasteiger partial charge in [0.15, 0.2) is 12.4 Å². The number of nitrogens with zero attached hydrogens (tertiary/aromatic N) is 2. The molecule has 166 valence electrons. The lowest BCUT2D eigenvalue weighted by Crippen LogP contribution is -2.40. The Morgan fingerprint density at radius 3 is 1.81 bits per heavy atom. The van der Waals surface area contributed by atoms with Crippen LogP contribution in [-0.2, 0) is 6.54 Å². The zero-order chi connectivity index (χ0) is 22.3. The number of rotatable bonds is 11. The average molecular weight is 430 g/mol. The number of hydrogen-bond acceptors (Lipinski definition) is 2. The van der Waals surface area contributed by atoms with Crippen molar-refractivity contribution in [2.24, 2.45) is 0 Å². The number of aryl methyl sites for hydroxylation is 2. The summed E-state index contributed by atoms with van der Waals surface area (Å²) in [5.74, 6) is -0.295. The second-order valence-corrected chi connectivity index (χ2v) is 8.91. The molecule has 2 amide bonds. The van der Waals surface area contributed by atoms with Crippen molar-refractivity contribution in [2.45, 2.75) is 64.8 Å². The second-order valence-electron chi connectivity index (χ2n) is 8.91. The topological polar surface area (TPSA) is 41.3 Å². The number of imide groups is 1. The standard InChI is InChI=1S/C28H33N2O2/c1-22-16-20-29(21-17-22)18-8-6-4-2-3-5-7-9-19-30-27(31)24-14-10-12-23-13-11-15-25(26(23)24)28(30)32/h10-17,20-21H,2-9,18-19H2,1H3/q+1. The molecule has 0 atom stereocenters. The van der Waals surface area contributed by atoms with Crippen molar-refractivity contribution >= 4 is 22.6 Å². The molecule has 4 nitrogen and oxygen atoms in total. The molecule has 0 bridgehead atoms. The Hall–Kier alpha value is -3.01. The lowest BCUT2D eigenvalue weighted by atomic mass is 9.94. The molecule has 0 saturated carbocycles. The van der Waals surface area contributed by atoms with Crippen molar-refractivity contribution in [3.05, 3.63) is 77.6 Å². The lowest BCUT2D eigenvalue weighted by molar-refractivity contribution is -0.697. The number of carbonyl (C=O) groups is 2. The van der Waals surface area contributed by atoms with Crippen LogP contribution in [0, 0.1) is 6.92 Å². The Kier molecular flexibility index (Phi) is 7.31. The van der Waals surface area contributed by atoms with Crippen LogP contribution in [0.5, 0.6) is 0 Å². The van der Waals surface area contributed by atoms with Crippen molar-refractivity contribution in [3.63, 3.8) is 0 Å². The maximum atomic E-state index is 12.9. The highest BCUT2D eigenvalue weighted by molar-refractivity contribution is 6.25. The molecule has 1 aromatic heterocycles. The van der Waals surface area contributed by atoms with Gasteiger partial charge in [0.25, 0.3) is 11.8 Å². The third-order valence-corrected chi connectivity index (χ3v) is 6.46. The maximum Gasteiger partial charge on any atom is 0.261 e. The van der Waals surface area contributed by atoms with Crippen molar-refractivity contribution in [2.75, 3.05) is 6.54 Å². The minimum absolute atomic E-state index is 0.147. The largest absolute Gasteiger partial charge is 0.274 e. The van der Waals surface area contributed by atoms with E-state index in [2.05, 4.69) is 36.0 Å². The van der Waals surface area contributed by atoms with Crippen LogP contribution in [0.4, 0.5) is 0 Å². The first-order valence-electron chi connectivity index (χ1n) is 12.0. The molecule has 1 aliphatic rings. The highest BCUT2D eigenvalue weighted by Gasteiger charge is 2.31. The van der Waals surface area contributed by atoms with Crippen molar-refractivity contribution in [3.8, 4) is 0 Å². The summed E-state index contributed by atoms with van der Waals surface area (Å²) in [5.41, 5.74) is 2.61. The van der Waals surface area contributed by atoms with Crippen LogP contribution in [-0.4, -0.2) is 23.3 Å². The van der Waals surface area contributed by atoms with Gasteiger partial charge < -0.3 is 0 Å². The highest BCUT2D eigenvalue weighted by atomic mass is 16.2. The molecule has 0 spiro atoms. The minimum Gasteiger partial charge on any atom is -0.274 e. The van der Waals surface area contributed by atoms with E-state index in [1.165, 1.54) is 42.6 Å². The summed E-state index contributed by atoms with van der Waals surface area (Å²) in [6.07, 6.45) is 13.7. The third-order valence-electron chi connectivity index (χ3n) is 6.46. The van der Waals surface area contributed by atoms with E-state index in [9.17, 15) is 9.59 Å². The number of hydrogen-bond donors (Lipinski definition) is 0. The van der Waals surface area contributed by atoms with Gasteiger partial charge in [-0.2, -0.15) is 0 Å². The maximum absolute atomic E-state index is 12.9. The second kappa shape index (κ2) is 10.5. The number of pyridine rings is 1. The molecule has 32 heavy (non-hydrogen) atoms. The van der Waals surface area contributed by atoms with E-state index in [0.29, 0.717) is 17.7 Å². The SMILES string of the molecule is Cc1cc[n+](CCCCCCCCCCN2C(=O)c3cccc4cccc(c34)C2=O)cc1. The van der Waals surface area contributed by atoms with E-state index in [4.69, 9.17) is 0 Å². The average Bonchev–Trinajstić information content (AvgIpc) is 2.81. The number of amides is 2. The van der Waals surface area contributed by atoms with E-state index in [-0.39, 0.29) is 11.8 Å². The Morgan fingerprint density at radius 2 is 1.22 bits per heavy atom. The highest BCUT2D eigenvalue weighted by Crippen LogP contribution is 2.30. The summed E-state index contributed by atoms with van der Waals surface area (Å²) >= 11 is 0. The predicted octanol–water partition coefficient (Wildman–Crippen LogP) is 5.85. The summed E-state index contributed by atoms with van der Waals surface area (Å²) < 4.78 is 2.26. The Bertz CT molecular complexity index is 1040. The van der Waals surface area contributed by atoms with Crippen LogP contribution in [0.1, 0.15) is 77.6 Å². The van der Waals surface area contributed by atoms with E-state index in [1.807, 2.05) is 36.4 Å². The molecule has 0 unspecified atom stereocenters. The van der Waals surface area contributed by atoms with Gasteiger partial charge in [0.05, 0.1) is 0 Å². The first kappa shape index (κ1) is 22.2. The monoisotopic (exact) mass is 429 g/mol. The number of benzene rings is 2. The Balaban J connectivity index is 1.13. The molecule has 0 aliphatic carbocycles. The van der Waals surface area contributed by atoms with Gasteiger partial charge in [0, 0.05) is 41.6 Å². The Labute approximate surface area is 190 Å². The molecular weight excluding hydrogens is 396 g/mol. The van der Waals surface area contributed by atoms with Gasteiger partial charge in [-0.15, -0.1) is 0 Å². The first-order valence-corrected chi connectivity index (χ1v) is 12.0. The normalized spacial score (nSPS) is 13.2. The van der Waals surface area contributed by atoms with Crippen molar-refractivity contribution in [1.82, 2.24) is 4.90 Å². The minimum atomic E-state index is -0.147. The predicted molar refractivity (Wildman–Crippen MR) is 128 cm³/mol. The van der Waals surface area contributed by atoms with E-state index < -0.39 is 0 Å². The molecule has 0 radical (unpaired) electrons. The molecule has 0 fully saturated rings. The summed E-state index contributed by atoms with van der Waals surface area (Å²) in [6.45, 7) is 3.72. The Morgan fingerprint density at radius 1 is 0.688 bits per heavy atom. The van der Waals surface area contributed by atoms with Gasteiger partial charge in [-0.3, -0.25) is 14.5 Å². The zero-order valence-corrected chi connectivity index (χ0v) is 19.1. The van der Waals surface area contributed by atoms with E-state index in [0.717, 1.165) is 36.6 Å². The van der Waals surface area contributed by atoms with Crippen LogP contribution >= 0.6 is 0 Å². The molecule has 4 rings (SSSR count). The van der Waals surface area contributed by atoms with Crippen LogP contribution in [0.2, 0.25) is 0 Å². The van der Waals surface area contributed by atoms with Crippen molar-refractivity contribution < 1.29 is 14.2 Å². The molecule has 1 aliphatic heterocycles. The van der Waals surface area contributed by atoms with Crippen molar-refractivity contribution in [1.29, 1.82) is 0 Å². The fraction of sp³-hybridized carbons (Fsp3) is 0.393. The fourth-order valence-electron chi connectivity index (χ4n) is 4.59.